The molecule has 1 N–H and O–H groups in total. The summed E-state index contributed by atoms with van der Waals surface area (Å²) in [5.74, 6) is 0. The maximum Gasteiger partial charge on any atom is 0.235 e. The largest absolute Gasteiger partial charge is 0.294 e. The molecule has 0 amide bonds. The molecule has 0 aromatic carbocycles. The molecule has 0 bridgehead atoms. The maximum absolute atomic E-state index is 11.2. The van der Waals surface area contributed by atoms with Gasteiger partial charge in [0.05, 0.1) is 0 Å². The molecule has 3 unspecified atom stereocenters. The van der Waals surface area contributed by atoms with Gasteiger partial charge >= 0.3 is 0 Å². The zero-order valence-corrected chi connectivity index (χ0v) is 10.5. The van der Waals surface area contributed by atoms with Gasteiger partial charge in [0.2, 0.25) is 11.3 Å². The van der Waals surface area contributed by atoms with Crippen LogP contribution < -0.4 is 0 Å². The summed E-state index contributed by atoms with van der Waals surface area (Å²) >= 11 is -1.83. The summed E-state index contributed by atoms with van der Waals surface area (Å²) in [5, 5.41) is 0. The Bertz CT molecular complexity index is 164. The van der Waals surface area contributed by atoms with Gasteiger partial charge in [-0.05, 0) is 26.7 Å². The standard InChI is InChI=1S/C10H23NO2S/c1-5-7-9(3)11(14(12)13)10(4)8-6-2/h9-10H,5-8H2,1-4H3,(H,12,13). The monoisotopic (exact) mass is 221 g/mol. The first-order chi connectivity index (χ1) is 6.54. The van der Waals surface area contributed by atoms with Crippen LogP contribution in [0.15, 0.2) is 0 Å². The van der Waals surface area contributed by atoms with E-state index < -0.39 is 11.3 Å². The van der Waals surface area contributed by atoms with Crippen molar-refractivity contribution in [1.82, 2.24) is 4.31 Å². The van der Waals surface area contributed by atoms with Crippen molar-refractivity contribution in [2.24, 2.45) is 0 Å². The zero-order valence-electron chi connectivity index (χ0n) is 9.69. The van der Waals surface area contributed by atoms with Crippen molar-refractivity contribution in [2.45, 2.75) is 65.5 Å². The average Bonchev–Trinajstić information content (AvgIpc) is 2.04. The van der Waals surface area contributed by atoms with Gasteiger partial charge in [-0.25, -0.2) is 4.21 Å². The number of nitrogens with zero attached hydrogens (tertiary/aromatic N) is 1. The molecule has 4 heteroatoms. The molecule has 3 atom stereocenters. The molecule has 0 aromatic rings. The molecule has 0 heterocycles. The molecule has 14 heavy (non-hydrogen) atoms. The molecular formula is C10H23NO2S. The fourth-order valence-electron chi connectivity index (χ4n) is 1.83. The van der Waals surface area contributed by atoms with E-state index >= 15 is 0 Å². The first-order valence-corrected chi connectivity index (χ1v) is 6.50. The van der Waals surface area contributed by atoms with Crippen LogP contribution in [0.1, 0.15) is 53.4 Å². The van der Waals surface area contributed by atoms with Gasteiger partial charge in [0, 0.05) is 12.1 Å². The lowest BCUT2D eigenvalue weighted by molar-refractivity contribution is 0.246. The van der Waals surface area contributed by atoms with Gasteiger partial charge in [-0.1, -0.05) is 26.7 Å². The van der Waals surface area contributed by atoms with E-state index in [1.807, 2.05) is 13.8 Å². The number of rotatable bonds is 7. The third-order valence-corrected chi connectivity index (χ3v) is 3.54. The van der Waals surface area contributed by atoms with Gasteiger partial charge in [0.25, 0.3) is 0 Å². The van der Waals surface area contributed by atoms with Crippen LogP contribution in [0.25, 0.3) is 0 Å². The second kappa shape index (κ2) is 7.37. The summed E-state index contributed by atoms with van der Waals surface area (Å²) in [6.07, 6.45) is 4.04. The molecule has 0 rings (SSSR count). The van der Waals surface area contributed by atoms with Gasteiger partial charge in [0.15, 0.2) is 0 Å². The van der Waals surface area contributed by atoms with Gasteiger partial charge < -0.3 is 0 Å². The summed E-state index contributed by atoms with van der Waals surface area (Å²) in [7, 11) is 0. The molecule has 0 aliphatic carbocycles. The van der Waals surface area contributed by atoms with E-state index in [2.05, 4.69) is 13.8 Å². The lowest BCUT2D eigenvalue weighted by atomic mass is 10.1. The van der Waals surface area contributed by atoms with Crippen molar-refractivity contribution in [3.05, 3.63) is 0 Å². The summed E-state index contributed by atoms with van der Waals surface area (Å²) in [5.41, 5.74) is 0. The fraction of sp³-hybridized carbons (Fsp3) is 1.00. The third kappa shape index (κ3) is 4.53. The molecule has 86 valence electrons. The summed E-state index contributed by atoms with van der Waals surface area (Å²) in [6.45, 7) is 8.23. The van der Waals surface area contributed by atoms with Crippen LogP contribution in [0.2, 0.25) is 0 Å². The van der Waals surface area contributed by atoms with E-state index in [4.69, 9.17) is 0 Å². The van der Waals surface area contributed by atoms with Crippen LogP contribution >= 0.6 is 0 Å². The first-order valence-electron chi connectivity index (χ1n) is 5.43. The van der Waals surface area contributed by atoms with Crippen LogP contribution in [0.4, 0.5) is 0 Å². The smallest absolute Gasteiger partial charge is 0.235 e. The Labute approximate surface area is 90.3 Å². The van der Waals surface area contributed by atoms with E-state index in [-0.39, 0.29) is 12.1 Å². The third-order valence-electron chi connectivity index (χ3n) is 2.46. The second-order valence-corrected chi connectivity index (χ2v) is 4.75. The Morgan fingerprint density at radius 1 is 1.14 bits per heavy atom. The highest BCUT2D eigenvalue weighted by atomic mass is 32.2. The minimum atomic E-state index is -1.83. The van der Waals surface area contributed by atoms with Crippen molar-refractivity contribution in [3.63, 3.8) is 0 Å². The Morgan fingerprint density at radius 2 is 1.50 bits per heavy atom. The summed E-state index contributed by atoms with van der Waals surface area (Å²) < 4.78 is 22.1. The van der Waals surface area contributed by atoms with Crippen LogP contribution in [0.3, 0.4) is 0 Å². The lowest BCUT2D eigenvalue weighted by Gasteiger charge is -2.30. The lowest BCUT2D eigenvalue weighted by Crippen LogP contribution is -2.41. The maximum atomic E-state index is 11.2. The highest BCUT2D eigenvalue weighted by Gasteiger charge is 2.23. The highest BCUT2D eigenvalue weighted by molar-refractivity contribution is 7.76. The van der Waals surface area contributed by atoms with E-state index in [9.17, 15) is 8.76 Å². The van der Waals surface area contributed by atoms with Crippen LogP contribution in [0, 0.1) is 0 Å². The van der Waals surface area contributed by atoms with Crippen molar-refractivity contribution in [1.29, 1.82) is 0 Å². The van der Waals surface area contributed by atoms with Crippen molar-refractivity contribution in [2.75, 3.05) is 0 Å². The first kappa shape index (κ1) is 14.1. The van der Waals surface area contributed by atoms with E-state index in [1.165, 1.54) is 0 Å². The normalized spacial score (nSPS) is 18.1. The quantitative estimate of drug-likeness (QED) is 0.672. The molecule has 0 saturated heterocycles. The molecular weight excluding hydrogens is 198 g/mol. The van der Waals surface area contributed by atoms with E-state index in [1.54, 1.807) is 4.31 Å². The minimum absolute atomic E-state index is 0.187. The molecule has 0 saturated carbocycles. The van der Waals surface area contributed by atoms with Crippen LogP contribution in [-0.4, -0.2) is 25.2 Å². The second-order valence-electron chi connectivity index (χ2n) is 3.87. The predicted octanol–water partition coefficient (Wildman–Crippen LogP) is 2.80. The molecule has 0 radical (unpaired) electrons. The fourth-order valence-corrected chi connectivity index (χ4v) is 2.66. The molecule has 0 spiro atoms. The molecule has 0 aliphatic rings. The molecule has 3 nitrogen and oxygen atoms in total. The SMILES string of the molecule is CCCC(C)N(C(C)CCC)S(=O)O. The van der Waals surface area contributed by atoms with E-state index in [0.717, 1.165) is 25.7 Å². The predicted molar refractivity (Wildman–Crippen MR) is 61.4 cm³/mol. The molecule has 0 aromatic heterocycles. The van der Waals surface area contributed by atoms with Gasteiger partial charge in [-0.2, -0.15) is 4.31 Å². The highest BCUT2D eigenvalue weighted by Crippen LogP contribution is 2.15. The van der Waals surface area contributed by atoms with Crippen LogP contribution in [-0.2, 0) is 11.3 Å². The van der Waals surface area contributed by atoms with Crippen molar-refractivity contribution >= 4 is 11.3 Å². The van der Waals surface area contributed by atoms with Crippen LogP contribution in [0.5, 0.6) is 0 Å². The van der Waals surface area contributed by atoms with Gasteiger partial charge in [0.1, 0.15) is 0 Å². The van der Waals surface area contributed by atoms with Gasteiger partial charge in [-0.3, -0.25) is 4.55 Å². The van der Waals surface area contributed by atoms with Crippen molar-refractivity contribution in [3.8, 4) is 0 Å². The Balaban J connectivity index is 4.33. The van der Waals surface area contributed by atoms with E-state index in [0.29, 0.717) is 0 Å². The van der Waals surface area contributed by atoms with Crippen molar-refractivity contribution < 1.29 is 8.76 Å². The number of hydrogen-bond donors (Lipinski definition) is 1. The Morgan fingerprint density at radius 3 is 1.71 bits per heavy atom. The zero-order chi connectivity index (χ0) is 11.1. The summed E-state index contributed by atoms with van der Waals surface area (Å²) in [4.78, 5) is 0. The Hall–Kier alpha value is 0.0700. The molecule has 0 fully saturated rings. The van der Waals surface area contributed by atoms with Gasteiger partial charge in [-0.15, -0.1) is 0 Å². The molecule has 0 aliphatic heterocycles. The Kier molecular flexibility index (Phi) is 7.41. The minimum Gasteiger partial charge on any atom is -0.294 e. The number of hydrogen-bond acceptors (Lipinski definition) is 1. The average molecular weight is 221 g/mol. The summed E-state index contributed by atoms with van der Waals surface area (Å²) in [6, 6.07) is 0.375. The topological polar surface area (TPSA) is 40.5 Å².